The smallest absolute Gasteiger partial charge is 0.270 e. The molecule has 2 aromatic carbocycles. The van der Waals surface area contributed by atoms with Crippen molar-refractivity contribution < 1.29 is 10.0 Å². The molecule has 3 rings (SSSR count). The van der Waals surface area contributed by atoms with E-state index in [4.69, 9.17) is 0 Å². The Morgan fingerprint density at radius 1 is 1.26 bits per heavy atom. The summed E-state index contributed by atoms with van der Waals surface area (Å²) in [7, 11) is 0. The molecule has 0 aliphatic heterocycles. The molecular weight excluding hydrogens is 344 g/mol. The van der Waals surface area contributed by atoms with Crippen LogP contribution in [-0.2, 0) is 6.42 Å². The molecule has 0 aliphatic carbocycles. The molecule has 0 fully saturated rings. The number of benzene rings is 2. The van der Waals surface area contributed by atoms with E-state index >= 15 is 0 Å². The van der Waals surface area contributed by atoms with Crippen LogP contribution in [0.5, 0.6) is 0 Å². The van der Waals surface area contributed by atoms with E-state index in [-0.39, 0.29) is 17.3 Å². The Balaban J connectivity index is 1.83. The predicted octanol–water partition coefficient (Wildman–Crippen LogP) is 3.42. The molecule has 1 heterocycles. The lowest BCUT2D eigenvalue weighted by Gasteiger charge is -2.21. The van der Waals surface area contributed by atoms with Crippen LogP contribution < -0.4 is 5.32 Å². The summed E-state index contributed by atoms with van der Waals surface area (Å²) in [4.78, 5) is 14.9. The number of rotatable bonds is 6. The highest BCUT2D eigenvalue weighted by molar-refractivity contribution is 5.88. The molecule has 2 N–H and O–H groups in total. The van der Waals surface area contributed by atoms with Crippen LogP contribution in [0.2, 0.25) is 0 Å². The molecule has 136 valence electrons. The van der Waals surface area contributed by atoms with E-state index in [0.717, 1.165) is 5.56 Å². The van der Waals surface area contributed by atoms with Crippen LogP contribution in [0, 0.1) is 21.4 Å². The topological polar surface area (TPSA) is 112 Å². The van der Waals surface area contributed by atoms with Gasteiger partial charge in [-0.05, 0) is 24.6 Å². The van der Waals surface area contributed by atoms with E-state index in [2.05, 4.69) is 16.4 Å². The second kappa shape index (κ2) is 7.81. The Bertz CT molecular complexity index is 1010. The first-order valence-corrected chi connectivity index (χ1v) is 8.46. The minimum Gasteiger partial charge on any atom is -0.391 e. The third kappa shape index (κ3) is 4.19. The van der Waals surface area contributed by atoms with Gasteiger partial charge < -0.3 is 10.4 Å². The van der Waals surface area contributed by atoms with Gasteiger partial charge in [-0.3, -0.25) is 10.1 Å². The SMILES string of the molecule is CC(Nc1cc(C#N)c2cc([N+](=O)[O-])ccc2n1)C(O)Cc1ccccc1. The molecule has 0 bridgehead atoms. The number of nitriles is 1. The number of pyridine rings is 1. The number of anilines is 1. The van der Waals surface area contributed by atoms with Gasteiger partial charge in [0.05, 0.1) is 34.2 Å². The largest absolute Gasteiger partial charge is 0.391 e. The third-order valence-electron chi connectivity index (χ3n) is 4.36. The standard InChI is InChI=1S/C20H18N4O3/c1-13(19(25)9-14-5-3-2-4-6-14)22-20-10-15(12-21)17-11-16(24(26)27)7-8-18(17)23-20/h2-8,10-11,13,19,25H,9H2,1H3,(H,22,23). The fraction of sp³-hybridized carbons (Fsp3) is 0.200. The number of nitrogens with zero attached hydrogens (tertiary/aromatic N) is 3. The second-order valence-electron chi connectivity index (χ2n) is 6.32. The molecule has 0 saturated carbocycles. The number of hydrogen-bond donors (Lipinski definition) is 2. The average Bonchev–Trinajstić information content (AvgIpc) is 2.67. The lowest BCUT2D eigenvalue weighted by molar-refractivity contribution is -0.384. The number of nitro benzene ring substituents is 1. The minimum absolute atomic E-state index is 0.0897. The van der Waals surface area contributed by atoms with E-state index in [1.54, 1.807) is 0 Å². The molecular formula is C20H18N4O3. The first kappa shape index (κ1) is 18.3. The average molecular weight is 362 g/mol. The van der Waals surface area contributed by atoms with E-state index < -0.39 is 11.0 Å². The van der Waals surface area contributed by atoms with Crippen molar-refractivity contribution in [1.29, 1.82) is 5.26 Å². The molecule has 0 aliphatic rings. The van der Waals surface area contributed by atoms with Gasteiger partial charge in [0, 0.05) is 23.9 Å². The molecule has 0 radical (unpaired) electrons. The Hall–Kier alpha value is -3.50. The van der Waals surface area contributed by atoms with Crippen molar-refractivity contribution in [2.24, 2.45) is 0 Å². The van der Waals surface area contributed by atoms with Gasteiger partial charge in [0.2, 0.25) is 0 Å². The Morgan fingerprint density at radius 2 is 2.00 bits per heavy atom. The van der Waals surface area contributed by atoms with E-state index in [1.165, 1.54) is 24.3 Å². The summed E-state index contributed by atoms with van der Waals surface area (Å²) in [6, 6.07) is 17.2. The van der Waals surface area contributed by atoms with Gasteiger partial charge >= 0.3 is 0 Å². The summed E-state index contributed by atoms with van der Waals surface area (Å²) < 4.78 is 0. The van der Waals surface area contributed by atoms with Crippen LogP contribution in [0.15, 0.2) is 54.6 Å². The summed E-state index contributed by atoms with van der Waals surface area (Å²) in [6.45, 7) is 1.83. The van der Waals surface area contributed by atoms with Gasteiger partial charge in [-0.15, -0.1) is 0 Å². The van der Waals surface area contributed by atoms with Gasteiger partial charge in [-0.1, -0.05) is 30.3 Å². The summed E-state index contributed by atoms with van der Waals surface area (Å²) >= 11 is 0. The maximum Gasteiger partial charge on any atom is 0.270 e. The number of aromatic nitrogens is 1. The molecule has 0 spiro atoms. The highest BCUT2D eigenvalue weighted by Crippen LogP contribution is 2.25. The van der Waals surface area contributed by atoms with E-state index in [1.807, 2.05) is 37.3 Å². The van der Waals surface area contributed by atoms with Crippen LogP contribution in [0.4, 0.5) is 11.5 Å². The Labute approximate surface area is 156 Å². The highest BCUT2D eigenvalue weighted by atomic mass is 16.6. The van der Waals surface area contributed by atoms with Crippen molar-refractivity contribution in [2.45, 2.75) is 25.5 Å². The molecule has 27 heavy (non-hydrogen) atoms. The van der Waals surface area contributed by atoms with Gasteiger partial charge in [-0.2, -0.15) is 5.26 Å². The number of nitrogens with one attached hydrogen (secondary N) is 1. The van der Waals surface area contributed by atoms with Crippen LogP contribution in [0.25, 0.3) is 10.9 Å². The lowest BCUT2D eigenvalue weighted by Crippen LogP contribution is -2.32. The zero-order valence-electron chi connectivity index (χ0n) is 14.7. The second-order valence-corrected chi connectivity index (χ2v) is 6.32. The molecule has 1 aromatic heterocycles. The third-order valence-corrected chi connectivity index (χ3v) is 4.36. The molecule has 0 saturated heterocycles. The quantitative estimate of drug-likeness (QED) is 0.513. The molecule has 7 nitrogen and oxygen atoms in total. The van der Waals surface area contributed by atoms with Crippen molar-refractivity contribution in [2.75, 3.05) is 5.32 Å². The number of non-ortho nitro benzene ring substituents is 1. The monoisotopic (exact) mass is 362 g/mol. The summed E-state index contributed by atoms with van der Waals surface area (Å²) in [6.07, 6.45) is -0.160. The Kier molecular flexibility index (Phi) is 5.29. The zero-order valence-corrected chi connectivity index (χ0v) is 14.7. The number of hydrogen-bond acceptors (Lipinski definition) is 6. The van der Waals surface area contributed by atoms with Gasteiger partial charge in [0.25, 0.3) is 5.69 Å². The van der Waals surface area contributed by atoms with Crippen LogP contribution >= 0.6 is 0 Å². The van der Waals surface area contributed by atoms with Crippen molar-refractivity contribution in [1.82, 2.24) is 4.98 Å². The molecule has 2 atom stereocenters. The number of aliphatic hydroxyl groups excluding tert-OH is 1. The number of fused-ring (bicyclic) bond motifs is 1. The van der Waals surface area contributed by atoms with Gasteiger partial charge in [-0.25, -0.2) is 4.98 Å². The molecule has 7 heteroatoms. The van der Waals surface area contributed by atoms with Crippen LogP contribution in [0.1, 0.15) is 18.1 Å². The first-order valence-electron chi connectivity index (χ1n) is 8.46. The molecule has 2 unspecified atom stereocenters. The van der Waals surface area contributed by atoms with Crippen molar-refractivity contribution in [3.63, 3.8) is 0 Å². The van der Waals surface area contributed by atoms with Gasteiger partial charge in [0.1, 0.15) is 5.82 Å². The van der Waals surface area contributed by atoms with Crippen molar-refractivity contribution >= 4 is 22.4 Å². The summed E-state index contributed by atoms with van der Waals surface area (Å²) in [5.74, 6) is 0.438. The maximum atomic E-state index is 10.9. The van der Waals surface area contributed by atoms with Gasteiger partial charge in [0.15, 0.2) is 0 Å². The summed E-state index contributed by atoms with van der Waals surface area (Å²) in [5.41, 5.74) is 1.70. The number of nitro groups is 1. The molecule has 3 aromatic rings. The predicted molar refractivity (Wildman–Crippen MR) is 102 cm³/mol. The van der Waals surface area contributed by atoms with Crippen molar-refractivity contribution in [3.05, 3.63) is 75.8 Å². The number of aliphatic hydroxyl groups is 1. The fourth-order valence-corrected chi connectivity index (χ4v) is 2.86. The van der Waals surface area contributed by atoms with Crippen LogP contribution in [-0.4, -0.2) is 27.2 Å². The van der Waals surface area contributed by atoms with Crippen LogP contribution in [0.3, 0.4) is 0 Å². The molecule has 0 amide bonds. The fourth-order valence-electron chi connectivity index (χ4n) is 2.86. The maximum absolute atomic E-state index is 10.9. The lowest BCUT2D eigenvalue weighted by atomic mass is 10.0. The van der Waals surface area contributed by atoms with Crippen molar-refractivity contribution in [3.8, 4) is 6.07 Å². The highest BCUT2D eigenvalue weighted by Gasteiger charge is 2.17. The van der Waals surface area contributed by atoms with E-state index in [9.17, 15) is 20.5 Å². The minimum atomic E-state index is -0.646. The normalized spacial score (nSPS) is 12.9. The Morgan fingerprint density at radius 3 is 2.67 bits per heavy atom. The zero-order chi connectivity index (χ0) is 19.4. The summed E-state index contributed by atoms with van der Waals surface area (Å²) in [5, 5.41) is 34.3. The van der Waals surface area contributed by atoms with E-state index in [0.29, 0.717) is 23.1 Å². The first-order chi connectivity index (χ1) is 13.0.